The molecule has 0 aliphatic heterocycles. The number of para-hydroxylation sites is 1. The second-order valence-corrected chi connectivity index (χ2v) is 6.31. The number of hydrazine groups is 1. The highest BCUT2D eigenvalue weighted by molar-refractivity contribution is 5.90. The normalized spacial score (nSPS) is 11.5. The van der Waals surface area contributed by atoms with Gasteiger partial charge in [0.25, 0.3) is 5.91 Å². The third-order valence-corrected chi connectivity index (χ3v) is 4.26. The molecule has 0 aromatic heterocycles. The van der Waals surface area contributed by atoms with Crippen LogP contribution in [-0.2, 0) is 9.59 Å². The van der Waals surface area contributed by atoms with Crippen LogP contribution in [0.15, 0.2) is 91.0 Å². The first kappa shape index (κ1) is 19.2. The Hall–Kier alpha value is -3.60. The Kier molecular flexibility index (Phi) is 6.41. The van der Waals surface area contributed by atoms with Gasteiger partial charge in [-0.15, -0.1) is 0 Å². The van der Waals surface area contributed by atoms with Crippen LogP contribution in [0.5, 0.6) is 5.75 Å². The van der Waals surface area contributed by atoms with Crippen LogP contribution in [-0.4, -0.2) is 17.9 Å². The standard InChI is InChI=1S/C23H22N2O3/c1-17(28-20-15-9-4-10-16-20)22(26)24-25-23(27)21(18-11-5-2-6-12-18)19-13-7-3-8-14-19/h2-17,21H,1H3,(H,24,26)(H,25,27)/t17-/m0/s1. The highest BCUT2D eigenvalue weighted by Gasteiger charge is 2.24. The zero-order valence-corrected chi connectivity index (χ0v) is 15.5. The zero-order valence-electron chi connectivity index (χ0n) is 15.5. The first-order chi connectivity index (χ1) is 13.6. The molecule has 5 nitrogen and oxygen atoms in total. The van der Waals surface area contributed by atoms with Crippen molar-refractivity contribution in [1.29, 1.82) is 0 Å². The fourth-order valence-corrected chi connectivity index (χ4v) is 2.84. The van der Waals surface area contributed by atoms with Gasteiger partial charge in [-0.25, -0.2) is 0 Å². The molecule has 3 rings (SSSR count). The van der Waals surface area contributed by atoms with E-state index in [0.29, 0.717) is 5.75 Å². The summed E-state index contributed by atoms with van der Waals surface area (Å²) in [4.78, 5) is 25.2. The number of ether oxygens (including phenoxy) is 1. The first-order valence-corrected chi connectivity index (χ1v) is 9.06. The van der Waals surface area contributed by atoms with Gasteiger partial charge < -0.3 is 4.74 Å². The fourth-order valence-electron chi connectivity index (χ4n) is 2.84. The molecular formula is C23H22N2O3. The molecule has 2 N–H and O–H groups in total. The Labute approximate surface area is 164 Å². The van der Waals surface area contributed by atoms with E-state index < -0.39 is 17.9 Å². The van der Waals surface area contributed by atoms with E-state index in [1.807, 2.05) is 78.9 Å². The molecule has 0 aliphatic rings. The smallest absolute Gasteiger partial charge is 0.279 e. The Morgan fingerprint density at radius 2 is 1.11 bits per heavy atom. The Bertz CT molecular complexity index is 859. The third-order valence-electron chi connectivity index (χ3n) is 4.26. The van der Waals surface area contributed by atoms with Crippen LogP contribution in [0.3, 0.4) is 0 Å². The molecule has 5 heteroatoms. The second kappa shape index (κ2) is 9.37. The van der Waals surface area contributed by atoms with Gasteiger partial charge in [0, 0.05) is 0 Å². The van der Waals surface area contributed by atoms with Crippen LogP contribution < -0.4 is 15.6 Å². The molecule has 0 heterocycles. The molecule has 1 atom stereocenters. The molecule has 0 fully saturated rings. The molecular weight excluding hydrogens is 352 g/mol. The summed E-state index contributed by atoms with van der Waals surface area (Å²) >= 11 is 0. The SMILES string of the molecule is C[C@H](Oc1ccccc1)C(=O)NNC(=O)C(c1ccccc1)c1ccccc1. The summed E-state index contributed by atoms with van der Waals surface area (Å²) in [5.74, 6) is -0.703. The van der Waals surface area contributed by atoms with E-state index in [1.165, 1.54) is 0 Å². The topological polar surface area (TPSA) is 67.4 Å². The van der Waals surface area contributed by atoms with Crippen molar-refractivity contribution >= 4 is 11.8 Å². The molecule has 0 aliphatic carbocycles. The van der Waals surface area contributed by atoms with E-state index in [2.05, 4.69) is 10.9 Å². The fraction of sp³-hybridized carbons (Fsp3) is 0.130. The molecule has 0 radical (unpaired) electrons. The quantitative estimate of drug-likeness (QED) is 0.650. The van der Waals surface area contributed by atoms with Gasteiger partial charge in [0.1, 0.15) is 5.75 Å². The van der Waals surface area contributed by atoms with Crippen LogP contribution in [0, 0.1) is 0 Å². The van der Waals surface area contributed by atoms with Gasteiger partial charge in [-0.1, -0.05) is 78.9 Å². The van der Waals surface area contributed by atoms with E-state index in [9.17, 15) is 9.59 Å². The lowest BCUT2D eigenvalue weighted by molar-refractivity contribution is -0.133. The van der Waals surface area contributed by atoms with E-state index in [0.717, 1.165) is 11.1 Å². The minimum atomic E-state index is -0.755. The summed E-state index contributed by atoms with van der Waals surface area (Å²) in [6.45, 7) is 1.63. The van der Waals surface area contributed by atoms with Crippen LogP contribution >= 0.6 is 0 Å². The minimum Gasteiger partial charge on any atom is -0.481 e. The number of carbonyl (C=O) groups is 2. The van der Waals surface area contributed by atoms with Crippen LogP contribution in [0.1, 0.15) is 24.0 Å². The number of hydrogen-bond donors (Lipinski definition) is 2. The highest BCUT2D eigenvalue weighted by Crippen LogP contribution is 2.24. The van der Waals surface area contributed by atoms with E-state index in [1.54, 1.807) is 19.1 Å². The number of benzene rings is 3. The van der Waals surface area contributed by atoms with Crippen molar-refractivity contribution in [2.24, 2.45) is 0 Å². The van der Waals surface area contributed by atoms with Crippen molar-refractivity contribution in [2.45, 2.75) is 18.9 Å². The maximum atomic E-state index is 12.9. The molecule has 0 saturated heterocycles. The number of hydrogen-bond acceptors (Lipinski definition) is 3. The third kappa shape index (κ3) is 4.98. The number of amides is 2. The number of nitrogens with one attached hydrogen (secondary N) is 2. The van der Waals surface area contributed by atoms with Gasteiger partial charge in [-0.05, 0) is 30.2 Å². The summed E-state index contributed by atoms with van der Waals surface area (Å²) in [6.07, 6.45) is -0.755. The molecule has 28 heavy (non-hydrogen) atoms. The van der Waals surface area contributed by atoms with Gasteiger partial charge in [-0.2, -0.15) is 0 Å². The van der Waals surface area contributed by atoms with Crippen molar-refractivity contribution in [2.75, 3.05) is 0 Å². The highest BCUT2D eigenvalue weighted by atomic mass is 16.5. The Balaban J connectivity index is 1.66. The van der Waals surface area contributed by atoms with E-state index in [4.69, 9.17) is 4.74 Å². The average Bonchev–Trinajstić information content (AvgIpc) is 2.74. The maximum absolute atomic E-state index is 12.9. The average molecular weight is 374 g/mol. The zero-order chi connectivity index (χ0) is 19.8. The van der Waals surface area contributed by atoms with Gasteiger partial charge in [-0.3, -0.25) is 20.4 Å². The van der Waals surface area contributed by atoms with Gasteiger partial charge in [0.15, 0.2) is 6.10 Å². The number of rotatable bonds is 6. The molecule has 2 amide bonds. The predicted octanol–water partition coefficient (Wildman–Crippen LogP) is 3.43. The van der Waals surface area contributed by atoms with Crippen LogP contribution in [0.4, 0.5) is 0 Å². The summed E-state index contributed by atoms with van der Waals surface area (Å²) < 4.78 is 5.57. The second-order valence-electron chi connectivity index (χ2n) is 6.31. The van der Waals surface area contributed by atoms with Crippen molar-refractivity contribution in [3.63, 3.8) is 0 Å². The molecule has 142 valence electrons. The summed E-state index contributed by atoms with van der Waals surface area (Å²) in [7, 11) is 0. The Morgan fingerprint density at radius 1 is 0.679 bits per heavy atom. The number of carbonyl (C=O) groups excluding carboxylic acids is 2. The Morgan fingerprint density at radius 3 is 1.61 bits per heavy atom. The van der Waals surface area contributed by atoms with Crippen molar-refractivity contribution in [3.05, 3.63) is 102 Å². The van der Waals surface area contributed by atoms with Gasteiger partial charge in [0.05, 0.1) is 5.92 Å². The van der Waals surface area contributed by atoms with E-state index >= 15 is 0 Å². The minimum absolute atomic E-state index is 0.322. The molecule has 0 bridgehead atoms. The van der Waals surface area contributed by atoms with Gasteiger partial charge >= 0.3 is 0 Å². The van der Waals surface area contributed by atoms with Crippen molar-refractivity contribution in [3.8, 4) is 5.75 Å². The lowest BCUT2D eigenvalue weighted by Crippen LogP contribution is -2.48. The molecule has 0 saturated carbocycles. The maximum Gasteiger partial charge on any atom is 0.279 e. The predicted molar refractivity (Wildman–Crippen MR) is 108 cm³/mol. The monoisotopic (exact) mass is 374 g/mol. The molecule has 3 aromatic carbocycles. The first-order valence-electron chi connectivity index (χ1n) is 9.06. The molecule has 3 aromatic rings. The lowest BCUT2D eigenvalue weighted by Gasteiger charge is -2.19. The van der Waals surface area contributed by atoms with Gasteiger partial charge in [0.2, 0.25) is 5.91 Å². The largest absolute Gasteiger partial charge is 0.481 e. The summed E-state index contributed by atoms with van der Waals surface area (Å²) in [5, 5.41) is 0. The van der Waals surface area contributed by atoms with E-state index in [-0.39, 0.29) is 5.91 Å². The lowest BCUT2D eigenvalue weighted by atomic mass is 9.91. The van der Waals surface area contributed by atoms with Crippen LogP contribution in [0.25, 0.3) is 0 Å². The van der Waals surface area contributed by atoms with Crippen molar-refractivity contribution in [1.82, 2.24) is 10.9 Å². The summed E-state index contributed by atoms with van der Waals surface area (Å²) in [5.41, 5.74) is 6.67. The summed E-state index contributed by atoms with van der Waals surface area (Å²) in [6, 6.07) is 27.9. The van der Waals surface area contributed by atoms with Crippen LogP contribution in [0.2, 0.25) is 0 Å². The van der Waals surface area contributed by atoms with Crippen molar-refractivity contribution < 1.29 is 14.3 Å². The molecule has 0 spiro atoms. The molecule has 0 unspecified atom stereocenters.